The van der Waals surface area contributed by atoms with E-state index in [0.29, 0.717) is 11.3 Å². The lowest BCUT2D eigenvalue weighted by Crippen LogP contribution is -2.36. The summed E-state index contributed by atoms with van der Waals surface area (Å²) in [5.74, 6) is -0.176. The van der Waals surface area contributed by atoms with Gasteiger partial charge in [0, 0.05) is 36.9 Å². The summed E-state index contributed by atoms with van der Waals surface area (Å²) in [6.07, 6.45) is 2.39. The maximum Gasteiger partial charge on any atom is 0.291 e. The second-order valence-electron chi connectivity index (χ2n) is 7.19. The molecule has 3 aromatic rings. The number of carbonyl (C=O) groups is 2. The van der Waals surface area contributed by atoms with Crippen molar-refractivity contribution in [2.75, 3.05) is 18.4 Å². The molecule has 0 radical (unpaired) electrons. The van der Waals surface area contributed by atoms with Crippen LogP contribution in [0, 0.1) is 0 Å². The number of hydrogen-bond acceptors (Lipinski definition) is 4. The van der Waals surface area contributed by atoms with E-state index in [9.17, 15) is 9.59 Å². The van der Waals surface area contributed by atoms with Gasteiger partial charge in [-0.3, -0.25) is 14.5 Å². The molecule has 1 aliphatic rings. The molecule has 1 atom stereocenters. The minimum atomic E-state index is -0.323. The summed E-state index contributed by atoms with van der Waals surface area (Å²) in [7, 11) is 0. The molecule has 1 saturated heterocycles. The number of anilines is 1. The summed E-state index contributed by atoms with van der Waals surface area (Å²) in [5, 5.41) is 5.85. The van der Waals surface area contributed by atoms with Crippen molar-refractivity contribution < 1.29 is 14.0 Å². The van der Waals surface area contributed by atoms with Gasteiger partial charge in [-0.25, -0.2) is 0 Å². The molecule has 2 amide bonds. The number of nitrogens with one attached hydrogen (secondary N) is 2. The Morgan fingerprint density at radius 3 is 2.48 bits per heavy atom. The molecule has 0 bridgehead atoms. The highest BCUT2D eigenvalue weighted by molar-refractivity contribution is 6.02. The van der Waals surface area contributed by atoms with Crippen LogP contribution >= 0.6 is 0 Å². The van der Waals surface area contributed by atoms with Gasteiger partial charge in [0.05, 0.1) is 6.26 Å². The number of benzene rings is 2. The number of furan rings is 1. The van der Waals surface area contributed by atoms with Crippen LogP contribution in [0.1, 0.15) is 32.9 Å². The standard InChI is InChI=1S/C23H23N3O3/c27-22(25-20-12-13-26(16-20)15-17-5-2-1-3-6-17)18-8-10-19(11-9-18)24-23(28)21-7-4-14-29-21/h1-11,14,20H,12-13,15-16H2,(H,24,28)(H,25,27)/t20-/m1/s1. The summed E-state index contributed by atoms with van der Waals surface area (Å²) in [6, 6.07) is 20.6. The first kappa shape index (κ1) is 19.0. The van der Waals surface area contributed by atoms with E-state index in [2.05, 4.69) is 27.7 Å². The topological polar surface area (TPSA) is 74.6 Å². The quantitative estimate of drug-likeness (QED) is 0.676. The second-order valence-corrected chi connectivity index (χ2v) is 7.19. The normalized spacial score (nSPS) is 16.5. The largest absolute Gasteiger partial charge is 0.459 e. The Morgan fingerprint density at radius 1 is 0.966 bits per heavy atom. The van der Waals surface area contributed by atoms with Crippen LogP contribution < -0.4 is 10.6 Å². The molecule has 2 N–H and O–H groups in total. The SMILES string of the molecule is O=C(N[C@@H]1CCN(Cc2ccccc2)C1)c1ccc(NC(=O)c2ccco2)cc1. The second kappa shape index (κ2) is 8.75. The van der Waals surface area contributed by atoms with Gasteiger partial charge in [-0.15, -0.1) is 0 Å². The average Bonchev–Trinajstić information content (AvgIpc) is 3.42. The molecular formula is C23H23N3O3. The fraction of sp³-hybridized carbons (Fsp3) is 0.217. The number of nitrogens with zero attached hydrogens (tertiary/aromatic N) is 1. The van der Waals surface area contributed by atoms with E-state index in [1.165, 1.54) is 11.8 Å². The number of hydrogen-bond donors (Lipinski definition) is 2. The smallest absolute Gasteiger partial charge is 0.291 e. The maximum absolute atomic E-state index is 12.6. The minimum Gasteiger partial charge on any atom is -0.459 e. The van der Waals surface area contributed by atoms with Crippen molar-refractivity contribution in [3.05, 3.63) is 89.9 Å². The van der Waals surface area contributed by atoms with Crippen LogP contribution in [0.15, 0.2) is 77.4 Å². The number of likely N-dealkylation sites (tertiary alicyclic amines) is 1. The third-order valence-corrected chi connectivity index (χ3v) is 5.01. The van der Waals surface area contributed by atoms with Gasteiger partial charge < -0.3 is 15.1 Å². The molecule has 29 heavy (non-hydrogen) atoms. The van der Waals surface area contributed by atoms with Gasteiger partial charge in [0.1, 0.15) is 0 Å². The molecular weight excluding hydrogens is 366 g/mol. The zero-order valence-electron chi connectivity index (χ0n) is 16.0. The Morgan fingerprint density at radius 2 is 1.76 bits per heavy atom. The van der Waals surface area contributed by atoms with Crippen LogP contribution in [0.25, 0.3) is 0 Å². The van der Waals surface area contributed by atoms with E-state index in [0.717, 1.165) is 26.1 Å². The molecule has 2 aromatic carbocycles. The van der Waals surface area contributed by atoms with E-state index in [1.807, 2.05) is 18.2 Å². The first-order chi connectivity index (χ1) is 14.2. The highest BCUT2D eigenvalue weighted by atomic mass is 16.3. The lowest BCUT2D eigenvalue weighted by molar-refractivity contribution is 0.0937. The van der Waals surface area contributed by atoms with Gasteiger partial charge in [0.15, 0.2) is 5.76 Å². The molecule has 2 heterocycles. The zero-order valence-corrected chi connectivity index (χ0v) is 16.0. The predicted octanol–water partition coefficient (Wildman–Crippen LogP) is 3.54. The molecule has 6 nitrogen and oxygen atoms in total. The van der Waals surface area contributed by atoms with E-state index >= 15 is 0 Å². The summed E-state index contributed by atoms with van der Waals surface area (Å²) in [5.41, 5.74) is 2.46. The summed E-state index contributed by atoms with van der Waals surface area (Å²) in [4.78, 5) is 26.9. The van der Waals surface area contributed by atoms with Gasteiger partial charge >= 0.3 is 0 Å². The van der Waals surface area contributed by atoms with Crippen LogP contribution in [0.4, 0.5) is 5.69 Å². The van der Waals surface area contributed by atoms with Crippen molar-refractivity contribution in [1.29, 1.82) is 0 Å². The van der Waals surface area contributed by atoms with Gasteiger partial charge in [0.25, 0.3) is 11.8 Å². The number of carbonyl (C=O) groups excluding carboxylic acids is 2. The molecule has 6 heteroatoms. The molecule has 1 aromatic heterocycles. The monoisotopic (exact) mass is 389 g/mol. The van der Waals surface area contributed by atoms with Crippen molar-refractivity contribution >= 4 is 17.5 Å². The molecule has 1 aliphatic heterocycles. The van der Waals surface area contributed by atoms with E-state index in [-0.39, 0.29) is 23.6 Å². The van der Waals surface area contributed by atoms with Crippen LogP contribution in [-0.2, 0) is 6.54 Å². The molecule has 148 valence electrons. The van der Waals surface area contributed by atoms with Gasteiger partial charge in [0.2, 0.25) is 0 Å². The summed E-state index contributed by atoms with van der Waals surface area (Å²) < 4.78 is 5.07. The van der Waals surface area contributed by atoms with Gasteiger partial charge in [-0.1, -0.05) is 30.3 Å². The maximum atomic E-state index is 12.6. The van der Waals surface area contributed by atoms with Crippen LogP contribution in [0.2, 0.25) is 0 Å². The third-order valence-electron chi connectivity index (χ3n) is 5.01. The first-order valence-electron chi connectivity index (χ1n) is 9.69. The summed E-state index contributed by atoms with van der Waals surface area (Å²) >= 11 is 0. The van der Waals surface area contributed by atoms with Crippen LogP contribution in [0.5, 0.6) is 0 Å². The highest BCUT2D eigenvalue weighted by Crippen LogP contribution is 2.15. The summed E-state index contributed by atoms with van der Waals surface area (Å²) in [6.45, 7) is 2.72. The number of rotatable bonds is 6. The molecule has 0 saturated carbocycles. The molecule has 0 aliphatic carbocycles. The van der Waals surface area contributed by atoms with Gasteiger partial charge in [-0.2, -0.15) is 0 Å². The Bertz CT molecular complexity index is 953. The van der Waals surface area contributed by atoms with Crippen LogP contribution in [0.3, 0.4) is 0 Å². The average molecular weight is 389 g/mol. The van der Waals surface area contributed by atoms with E-state index < -0.39 is 0 Å². The fourth-order valence-electron chi connectivity index (χ4n) is 3.51. The highest BCUT2D eigenvalue weighted by Gasteiger charge is 2.24. The van der Waals surface area contributed by atoms with Crippen LogP contribution in [-0.4, -0.2) is 35.8 Å². The van der Waals surface area contributed by atoms with E-state index in [4.69, 9.17) is 4.42 Å². The Labute approximate surface area is 169 Å². The molecule has 4 rings (SSSR count). The molecule has 0 spiro atoms. The van der Waals surface area contributed by atoms with Crippen molar-refractivity contribution in [3.63, 3.8) is 0 Å². The van der Waals surface area contributed by atoms with Crippen molar-refractivity contribution in [3.8, 4) is 0 Å². The van der Waals surface area contributed by atoms with Crippen molar-refractivity contribution in [2.45, 2.75) is 19.0 Å². The zero-order chi connectivity index (χ0) is 20.1. The Balaban J connectivity index is 1.28. The predicted molar refractivity (Wildman–Crippen MR) is 111 cm³/mol. The Hall–Kier alpha value is -3.38. The Kier molecular flexibility index (Phi) is 5.72. The number of amides is 2. The van der Waals surface area contributed by atoms with Crippen molar-refractivity contribution in [1.82, 2.24) is 10.2 Å². The fourth-order valence-corrected chi connectivity index (χ4v) is 3.51. The first-order valence-corrected chi connectivity index (χ1v) is 9.69. The van der Waals surface area contributed by atoms with Crippen molar-refractivity contribution in [2.24, 2.45) is 0 Å². The third kappa shape index (κ3) is 4.92. The minimum absolute atomic E-state index is 0.0968. The molecule has 0 unspecified atom stereocenters. The lowest BCUT2D eigenvalue weighted by atomic mass is 10.1. The lowest BCUT2D eigenvalue weighted by Gasteiger charge is -2.17. The van der Waals surface area contributed by atoms with Gasteiger partial charge in [-0.05, 0) is 48.4 Å². The molecule has 1 fully saturated rings. The van der Waals surface area contributed by atoms with E-state index in [1.54, 1.807) is 36.4 Å².